The summed E-state index contributed by atoms with van der Waals surface area (Å²) in [4.78, 5) is 24.3. The molecular formula is C27H32O13. The topological polar surface area (TPSA) is 191 Å². The van der Waals surface area contributed by atoms with Gasteiger partial charge in [0, 0.05) is 12.0 Å². The van der Waals surface area contributed by atoms with Gasteiger partial charge in [-0.1, -0.05) is 12.1 Å². The molecule has 3 aliphatic rings. The van der Waals surface area contributed by atoms with Crippen molar-refractivity contribution in [3.05, 3.63) is 53.3 Å². The molecule has 1 aromatic rings. The second-order valence-corrected chi connectivity index (χ2v) is 9.42. The highest BCUT2D eigenvalue weighted by atomic mass is 16.8. The summed E-state index contributed by atoms with van der Waals surface area (Å²) >= 11 is 0. The van der Waals surface area contributed by atoms with Crippen molar-refractivity contribution in [2.45, 2.75) is 43.4 Å². The first-order valence-electron chi connectivity index (χ1n) is 12.5. The van der Waals surface area contributed by atoms with Gasteiger partial charge in [0.1, 0.15) is 31.0 Å². The van der Waals surface area contributed by atoms with Crippen molar-refractivity contribution >= 4 is 18.0 Å². The van der Waals surface area contributed by atoms with E-state index in [1.807, 2.05) is 0 Å². The van der Waals surface area contributed by atoms with Crippen LogP contribution < -0.4 is 9.47 Å². The van der Waals surface area contributed by atoms with E-state index in [0.29, 0.717) is 29.1 Å². The number of carboxylic acids is 1. The van der Waals surface area contributed by atoms with E-state index < -0.39 is 67.4 Å². The van der Waals surface area contributed by atoms with Gasteiger partial charge in [0.2, 0.25) is 6.29 Å². The third-order valence-corrected chi connectivity index (χ3v) is 7.08. The molecule has 0 unspecified atom stereocenters. The van der Waals surface area contributed by atoms with E-state index in [4.69, 9.17) is 28.4 Å². The number of ether oxygens (including phenoxy) is 6. The molecule has 1 fully saturated rings. The van der Waals surface area contributed by atoms with Crippen molar-refractivity contribution in [1.82, 2.24) is 0 Å². The predicted octanol–water partition coefficient (Wildman–Crippen LogP) is -0.0360. The van der Waals surface area contributed by atoms with Gasteiger partial charge < -0.3 is 54.0 Å². The van der Waals surface area contributed by atoms with Gasteiger partial charge in [0.25, 0.3) is 0 Å². The molecule has 0 spiro atoms. The number of allylic oxidation sites excluding steroid dienone is 1. The molecule has 5 N–H and O–H groups in total. The Hall–Kier alpha value is -3.46. The van der Waals surface area contributed by atoms with E-state index >= 15 is 0 Å². The Morgan fingerprint density at radius 2 is 1.80 bits per heavy atom. The van der Waals surface area contributed by atoms with Gasteiger partial charge in [-0.05, 0) is 35.8 Å². The number of hydrogen-bond donors (Lipinski definition) is 5. The van der Waals surface area contributed by atoms with Crippen LogP contribution in [0.5, 0.6) is 11.5 Å². The van der Waals surface area contributed by atoms with Crippen LogP contribution >= 0.6 is 0 Å². The molecule has 2 heterocycles. The van der Waals surface area contributed by atoms with E-state index in [1.165, 1.54) is 26.4 Å². The van der Waals surface area contributed by atoms with Crippen molar-refractivity contribution in [1.29, 1.82) is 0 Å². The Kier molecular flexibility index (Phi) is 9.45. The normalized spacial score (nSPS) is 31.6. The second-order valence-electron chi connectivity index (χ2n) is 9.42. The molecule has 0 bridgehead atoms. The maximum atomic E-state index is 12.5. The van der Waals surface area contributed by atoms with Crippen LogP contribution in [0.4, 0.5) is 0 Å². The van der Waals surface area contributed by atoms with Crippen molar-refractivity contribution < 1.29 is 63.5 Å². The van der Waals surface area contributed by atoms with Crippen LogP contribution in [0.3, 0.4) is 0 Å². The van der Waals surface area contributed by atoms with Gasteiger partial charge >= 0.3 is 11.9 Å². The molecule has 4 rings (SSSR count). The van der Waals surface area contributed by atoms with Crippen LogP contribution in [0.2, 0.25) is 0 Å². The highest BCUT2D eigenvalue weighted by Gasteiger charge is 2.49. The fraction of sp³-hybridized carbons (Fsp3) is 0.481. The van der Waals surface area contributed by atoms with Crippen LogP contribution in [-0.4, -0.2) is 102 Å². The molecule has 13 nitrogen and oxygen atoms in total. The van der Waals surface area contributed by atoms with Crippen LogP contribution in [-0.2, 0) is 28.5 Å². The minimum atomic E-state index is -1.68. The number of rotatable bonds is 10. The number of carboxylic acid groups (broad SMARTS) is 1. The average molecular weight is 565 g/mol. The molecule has 1 aliphatic carbocycles. The lowest BCUT2D eigenvalue weighted by Crippen LogP contribution is -2.60. The summed E-state index contributed by atoms with van der Waals surface area (Å²) < 4.78 is 32.6. The minimum absolute atomic E-state index is 0.00965. The van der Waals surface area contributed by atoms with E-state index in [-0.39, 0.29) is 12.2 Å². The summed E-state index contributed by atoms with van der Waals surface area (Å²) in [7, 11) is 3.01. The molecule has 8 atom stereocenters. The van der Waals surface area contributed by atoms with Gasteiger partial charge in [-0.25, -0.2) is 9.59 Å². The molecule has 2 aliphatic heterocycles. The van der Waals surface area contributed by atoms with Crippen molar-refractivity contribution in [2.24, 2.45) is 11.8 Å². The molecular weight excluding hydrogens is 532 g/mol. The summed E-state index contributed by atoms with van der Waals surface area (Å²) in [6, 6.07) is 5.11. The average Bonchev–Trinajstić information content (AvgIpc) is 3.39. The van der Waals surface area contributed by atoms with E-state index in [0.717, 1.165) is 6.26 Å². The van der Waals surface area contributed by atoms with Gasteiger partial charge in [0.15, 0.2) is 17.8 Å². The maximum Gasteiger partial charge on any atom is 0.335 e. The monoisotopic (exact) mass is 564 g/mol. The zero-order valence-electron chi connectivity index (χ0n) is 21.8. The Morgan fingerprint density at radius 1 is 1.05 bits per heavy atom. The first-order chi connectivity index (χ1) is 19.2. The zero-order chi connectivity index (χ0) is 29.0. The van der Waals surface area contributed by atoms with Gasteiger partial charge in [0.05, 0.1) is 38.6 Å². The van der Waals surface area contributed by atoms with E-state index in [2.05, 4.69) is 0 Å². The fourth-order valence-corrected chi connectivity index (χ4v) is 4.93. The predicted molar refractivity (Wildman–Crippen MR) is 135 cm³/mol. The fourth-order valence-electron chi connectivity index (χ4n) is 4.93. The smallest absolute Gasteiger partial charge is 0.335 e. The van der Waals surface area contributed by atoms with E-state index in [9.17, 15) is 35.1 Å². The highest BCUT2D eigenvalue weighted by Crippen LogP contribution is 2.44. The van der Waals surface area contributed by atoms with Crippen molar-refractivity contribution in [2.75, 3.05) is 27.4 Å². The van der Waals surface area contributed by atoms with Gasteiger partial charge in [-0.15, -0.1) is 0 Å². The summed E-state index contributed by atoms with van der Waals surface area (Å²) in [5, 5.41) is 49.6. The Labute approximate surface area is 229 Å². The molecule has 0 amide bonds. The van der Waals surface area contributed by atoms with Crippen LogP contribution in [0.1, 0.15) is 12.0 Å². The van der Waals surface area contributed by atoms with Crippen LogP contribution in [0.15, 0.2) is 47.8 Å². The number of hydrogen-bond acceptors (Lipinski definition) is 12. The van der Waals surface area contributed by atoms with Crippen molar-refractivity contribution in [3.63, 3.8) is 0 Å². The first-order valence-corrected chi connectivity index (χ1v) is 12.5. The molecule has 0 aromatic heterocycles. The number of aliphatic hydroxyl groups is 4. The maximum absolute atomic E-state index is 12.5. The number of benzene rings is 1. The van der Waals surface area contributed by atoms with Crippen LogP contribution in [0.25, 0.3) is 6.08 Å². The van der Waals surface area contributed by atoms with Gasteiger partial charge in [-0.2, -0.15) is 0 Å². The third kappa shape index (κ3) is 6.14. The number of aliphatic hydroxyl groups excluding tert-OH is 4. The second kappa shape index (κ2) is 12.8. The third-order valence-electron chi connectivity index (χ3n) is 7.08. The molecule has 218 valence electrons. The lowest BCUT2D eigenvalue weighted by atomic mass is 9.83. The van der Waals surface area contributed by atoms with Gasteiger partial charge in [-0.3, -0.25) is 0 Å². The zero-order valence-corrected chi connectivity index (χ0v) is 21.8. The Morgan fingerprint density at radius 3 is 2.48 bits per heavy atom. The van der Waals surface area contributed by atoms with Crippen LogP contribution in [0, 0.1) is 11.8 Å². The molecule has 1 saturated heterocycles. The molecule has 0 radical (unpaired) electrons. The largest absolute Gasteiger partial charge is 0.493 e. The van der Waals surface area contributed by atoms with Crippen molar-refractivity contribution in [3.8, 4) is 11.5 Å². The summed E-state index contributed by atoms with van der Waals surface area (Å²) in [5.41, 5.74) is 1.18. The number of carbonyl (C=O) groups is 2. The number of methoxy groups -OCH3 is 2. The summed E-state index contributed by atoms with van der Waals surface area (Å²) in [6.07, 6.45) is -2.98. The Balaban J connectivity index is 1.44. The summed E-state index contributed by atoms with van der Waals surface area (Å²) in [6.45, 7) is -0.843. The quantitative estimate of drug-likeness (QED) is 0.145. The number of esters is 1. The number of aliphatic carboxylic acids is 1. The SMILES string of the molecule is COc1ccc(/C=C\C(=O)OCC2=CC[C@@H]3C(C(=O)O)=CO[C@@H](O[C@@H]4O[C@H](CO)[C@@H](O)[C@H](O)[C@H]4O)[C@H]23)cc1OC. The molecule has 0 saturated carbocycles. The standard InChI is InChI=1S/C27H32O13/c1-35-17-7-3-13(9-18(17)36-2)4-8-20(29)37-11-14-5-6-15-16(25(33)34)12-38-26(21(14)15)40-27-24(32)23(31)22(30)19(10-28)39-27/h3-5,7-9,12,15,19,21-24,26-28,30-32H,6,10-11H2,1-2H3,(H,33,34)/b8-4-/t15-,19-,21-,22-,23+,24-,26+,27+/m1/s1. The lowest BCUT2D eigenvalue weighted by Gasteiger charge is -2.42. The highest BCUT2D eigenvalue weighted by molar-refractivity contribution is 5.88. The lowest BCUT2D eigenvalue weighted by molar-refractivity contribution is -0.339. The molecule has 1 aromatic carbocycles. The summed E-state index contributed by atoms with van der Waals surface area (Å²) in [5.74, 6) is -2.13. The van der Waals surface area contributed by atoms with E-state index in [1.54, 1.807) is 24.3 Å². The Bertz CT molecular complexity index is 1170. The number of fused-ring (bicyclic) bond motifs is 1. The first kappa shape index (κ1) is 29.5. The minimum Gasteiger partial charge on any atom is -0.493 e. The molecule has 13 heteroatoms. The number of carbonyl (C=O) groups excluding carboxylic acids is 1. The molecule has 40 heavy (non-hydrogen) atoms.